The molecule has 0 spiro atoms. The zero-order valence-corrected chi connectivity index (χ0v) is 26.0. The smallest absolute Gasteiger partial charge is 0.477 e. The van der Waals surface area contributed by atoms with E-state index in [-0.39, 0.29) is 30.3 Å². The minimum Gasteiger partial charge on any atom is -0.477 e. The lowest BCUT2D eigenvalue weighted by Crippen LogP contribution is -2.51. The lowest BCUT2D eigenvalue weighted by molar-refractivity contribution is -0.119. The zero-order chi connectivity index (χ0) is 29.5. The maximum absolute atomic E-state index is 13.9. The van der Waals surface area contributed by atoms with Crippen molar-refractivity contribution in [3.8, 4) is 5.88 Å². The van der Waals surface area contributed by atoms with Gasteiger partial charge in [0.2, 0.25) is 5.88 Å². The van der Waals surface area contributed by atoms with Crippen LogP contribution < -0.4 is 10.1 Å². The van der Waals surface area contributed by atoms with E-state index in [1.54, 1.807) is 18.2 Å². The van der Waals surface area contributed by atoms with E-state index >= 15 is 0 Å². The Kier molecular flexibility index (Phi) is 10.3. The van der Waals surface area contributed by atoms with Gasteiger partial charge in [-0.25, -0.2) is 9.78 Å². The zero-order valence-electron chi connectivity index (χ0n) is 22.9. The summed E-state index contributed by atoms with van der Waals surface area (Å²) in [5, 5.41) is 7.88. The number of halogens is 2. The number of ether oxygens (including phenoxy) is 4. The van der Waals surface area contributed by atoms with Gasteiger partial charge < -0.3 is 24.3 Å². The van der Waals surface area contributed by atoms with Crippen molar-refractivity contribution in [2.45, 2.75) is 42.5 Å². The summed E-state index contributed by atoms with van der Waals surface area (Å²) in [4.78, 5) is 32.2. The minimum atomic E-state index is -1.14. The number of rotatable bonds is 11. The average Bonchev–Trinajstić information content (AvgIpc) is 3.71. The van der Waals surface area contributed by atoms with Crippen LogP contribution in [0.4, 0.5) is 4.79 Å². The average molecular weight is 650 g/mol. The molecule has 222 valence electrons. The third kappa shape index (κ3) is 7.23. The topological polar surface area (TPSA) is 96.0 Å². The van der Waals surface area contributed by atoms with Crippen LogP contribution in [-0.2, 0) is 24.5 Å². The summed E-state index contributed by atoms with van der Waals surface area (Å²) in [6, 6.07) is 12.4. The number of benzene rings is 1. The number of hydrogen-bond donors (Lipinski definition) is 1. The third-order valence-corrected chi connectivity index (χ3v) is 9.68. The molecule has 12 heteroatoms. The van der Waals surface area contributed by atoms with Crippen LogP contribution >= 0.6 is 46.3 Å². The van der Waals surface area contributed by atoms with Gasteiger partial charge in [-0.05, 0) is 65.4 Å². The number of nitrogens with zero attached hydrogens (tertiary/aromatic N) is 1. The van der Waals surface area contributed by atoms with Crippen LogP contribution in [0.1, 0.15) is 43.4 Å². The molecule has 0 saturated heterocycles. The second kappa shape index (κ2) is 14.1. The summed E-state index contributed by atoms with van der Waals surface area (Å²) in [6.07, 6.45) is 3.87. The van der Waals surface area contributed by atoms with Crippen molar-refractivity contribution in [2.75, 3.05) is 26.9 Å². The first-order valence-electron chi connectivity index (χ1n) is 13.5. The predicted molar refractivity (Wildman–Crippen MR) is 163 cm³/mol. The summed E-state index contributed by atoms with van der Waals surface area (Å²) < 4.78 is 22.0. The molecule has 1 aliphatic heterocycles. The van der Waals surface area contributed by atoms with Crippen molar-refractivity contribution in [1.29, 1.82) is 0 Å². The molecule has 1 atom stereocenters. The van der Waals surface area contributed by atoms with Gasteiger partial charge in [-0.3, -0.25) is 4.79 Å². The van der Waals surface area contributed by atoms with E-state index in [1.165, 1.54) is 31.3 Å². The molecule has 3 aromatic rings. The van der Waals surface area contributed by atoms with Crippen molar-refractivity contribution >= 4 is 58.4 Å². The maximum Gasteiger partial charge on any atom is 0.513 e. The molecule has 1 aliphatic carbocycles. The van der Waals surface area contributed by atoms with Gasteiger partial charge in [0.05, 0.1) is 23.9 Å². The van der Waals surface area contributed by atoms with E-state index in [0.29, 0.717) is 39.0 Å². The molecule has 2 aromatic heterocycles. The first kappa shape index (κ1) is 30.7. The number of pyridine rings is 1. The van der Waals surface area contributed by atoms with Crippen LogP contribution in [0.3, 0.4) is 0 Å². The van der Waals surface area contributed by atoms with Crippen molar-refractivity contribution in [2.24, 2.45) is 5.92 Å². The number of hydrogen-bond acceptors (Lipinski definition) is 9. The lowest BCUT2D eigenvalue weighted by Gasteiger charge is -2.38. The van der Waals surface area contributed by atoms with E-state index in [9.17, 15) is 9.59 Å². The Bertz CT molecular complexity index is 1450. The number of carbonyl (C=O) groups excluding carboxylic acids is 2. The molecular weight excluding hydrogens is 619 g/mol. The SMILES string of the molecule is COCCOC(=O)OC1=C(Sc2cc(Cl)ccc2Cl)C(=O)NC(c2ccsc2)(c2cccc(OCC3CCCC3)n2)C1. The molecule has 1 unspecified atom stereocenters. The quantitative estimate of drug-likeness (QED) is 0.168. The Morgan fingerprint density at radius 1 is 1.17 bits per heavy atom. The van der Waals surface area contributed by atoms with Gasteiger partial charge in [0.15, 0.2) is 0 Å². The summed E-state index contributed by atoms with van der Waals surface area (Å²) in [5.41, 5.74) is 0.200. The number of thioether (sulfide) groups is 1. The molecule has 0 radical (unpaired) electrons. The fraction of sp³-hybridized carbons (Fsp3) is 0.367. The molecule has 1 N–H and O–H groups in total. The molecule has 5 rings (SSSR count). The normalized spacial score (nSPS) is 19.1. The van der Waals surface area contributed by atoms with Crippen LogP contribution in [0.5, 0.6) is 5.88 Å². The molecule has 1 amide bonds. The van der Waals surface area contributed by atoms with Gasteiger partial charge in [-0.15, -0.1) is 0 Å². The fourth-order valence-electron chi connectivity index (χ4n) is 5.03. The summed E-state index contributed by atoms with van der Waals surface area (Å²) in [6.45, 7) is 0.789. The molecule has 2 aliphatic rings. The molecule has 1 fully saturated rings. The Hall–Kier alpha value is -2.76. The van der Waals surface area contributed by atoms with Crippen molar-refractivity contribution < 1.29 is 28.5 Å². The molecule has 1 aromatic carbocycles. The van der Waals surface area contributed by atoms with Crippen LogP contribution in [0.15, 0.2) is 68.8 Å². The highest BCUT2D eigenvalue weighted by Crippen LogP contribution is 2.45. The van der Waals surface area contributed by atoms with E-state index < -0.39 is 17.6 Å². The second-order valence-corrected chi connectivity index (χ2v) is 12.7. The summed E-state index contributed by atoms with van der Waals surface area (Å²) in [7, 11) is 1.50. The number of thiophene rings is 1. The van der Waals surface area contributed by atoms with Crippen LogP contribution in [0, 0.1) is 5.92 Å². The Balaban J connectivity index is 1.52. The molecule has 42 heavy (non-hydrogen) atoms. The highest BCUT2D eigenvalue weighted by molar-refractivity contribution is 8.04. The van der Waals surface area contributed by atoms with Gasteiger partial charge >= 0.3 is 6.16 Å². The highest BCUT2D eigenvalue weighted by Gasteiger charge is 2.46. The molecule has 8 nitrogen and oxygen atoms in total. The minimum absolute atomic E-state index is 0.00495. The summed E-state index contributed by atoms with van der Waals surface area (Å²) in [5.74, 6) is 0.639. The monoisotopic (exact) mass is 648 g/mol. The van der Waals surface area contributed by atoms with Crippen LogP contribution in [0.2, 0.25) is 10.0 Å². The van der Waals surface area contributed by atoms with E-state index in [2.05, 4.69) is 5.32 Å². The number of carbonyl (C=O) groups is 2. The van der Waals surface area contributed by atoms with Gasteiger partial charge in [-0.2, -0.15) is 11.3 Å². The van der Waals surface area contributed by atoms with Gasteiger partial charge in [0, 0.05) is 29.5 Å². The number of aromatic nitrogens is 1. The number of nitrogens with one attached hydrogen (secondary N) is 1. The van der Waals surface area contributed by atoms with Gasteiger partial charge in [0.25, 0.3) is 5.91 Å². The number of amides is 1. The molecule has 3 heterocycles. The Morgan fingerprint density at radius 3 is 2.76 bits per heavy atom. The van der Waals surface area contributed by atoms with Crippen molar-refractivity contribution in [1.82, 2.24) is 10.3 Å². The first-order valence-corrected chi connectivity index (χ1v) is 16.0. The van der Waals surface area contributed by atoms with E-state index in [4.69, 9.17) is 47.1 Å². The van der Waals surface area contributed by atoms with Crippen molar-refractivity contribution in [3.05, 3.63) is 85.2 Å². The molecule has 1 saturated carbocycles. The molecule has 0 bridgehead atoms. The Morgan fingerprint density at radius 2 is 2.00 bits per heavy atom. The van der Waals surface area contributed by atoms with E-state index in [1.807, 2.05) is 35.0 Å². The fourth-order valence-corrected chi connectivity index (χ4v) is 7.17. The lowest BCUT2D eigenvalue weighted by atomic mass is 9.81. The molecular formula is C30H30Cl2N2O6S2. The highest BCUT2D eigenvalue weighted by atomic mass is 35.5. The summed E-state index contributed by atoms with van der Waals surface area (Å²) >= 11 is 15.2. The van der Waals surface area contributed by atoms with Crippen molar-refractivity contribution in [3.63, 3.8) is 0 Å². The van der Waals surface area contributed by atoms with Gasteiger partial charge in [0.1, 0.15) is 22.8 Å². The largest absolute Gasteiger partial charge is 0.513 e. The first-order chi connectivity index (χ1) is 20.4. The van der Waals surface area contributed by atoms with Crippen LogP contribution in [0.25, 0.3) is 0 Å². The number of methoxy groups -OCH3 is 1. The van der Waals surface area contributed by atoms with E-state index in [0.717, 1.165) is 30.2 Å². The second-order valence-electron chi connectivity index (χ2n) is 9.99. The predicted octanol–water partition coefficient (Wildman–Crippen LogP) is 7.59. The standard InChI is InChI=1S/C30H30Cl2N2O6S2/c1-37-12-13-38-29(36)40-23-16-30(20-11-14-41-18-20,25-7-4-8-26(33-25)39-17-19-5-2-3-6-19)34-28(35)27(23)42-24-15-21(31)9-10-22(24)32/h4,7-11,14-15,18-19H,2-3,5-6,12-13,16-17H2,1H3,(H,34,35). The van der Waals surface area contributed by atoms with Crippen LogP contribution in [-0.4, -0.2) is 44.0 Å². The van der Waals surface area contributed by atoms with Gasteiger partial charge in [-0.1, -0.05) is 53.9 Å². The third-order valence-electron chi connectivity index (χ3n) is 7.15. The Labute approximate surface area is 262 Å². The maximum atomic E-state index is 13.9.